The van der Waals surface area contributed by atoms with E-state index < -0.39 is 23.4 Å². The van der Waals surface area contributed by atoms with Gasteiger partial charge < -0.3 is 15.2 Å². The molecule has 0 radical (unpaired) electrons. The number of rotatable bonds is 6. The Labute approximate surface area is 135 Å². The summed E-state index contributed by atoms with van der Waals surface area (Å²) >= 11 is 0. The van der Waals surface area contributed by atoms with E-state index in [2.05, 4.69) is 0 Å². The lowest BCUT2D eigenvalue weighted by Crippen LogP contribution is -2.51. The Morgan fingerprint density at radius 1 is 1.17 bits per heavy atom. The van der Waals surface area contributed by atoms with Gasteiger partial charge in [0.1, 0.15) is 5.82 Å². The number of ether oxygens (including phenoxy) is 2. The van der Waals surface area contributed by atoms with Gasteiger partial charge in [0.2, 0.25) is 0 Å². The van der Waals surface area contributed by atoms with Crippen molar-refractivity contribution in [3.8, 4) is 0 Å². The summed E-state index contributed by atoms with van der Waals surface area (Å²) in [5.41, 5.74) is 5.97. The fourth-order valence-corrected chi connectivity index (χ4v) is 2.39. The van der Waals surface area contributed by atoms with Gasteiger partial charge in [0.15, 0.2) is 6.10 Å². The van der Waals surface area contributed by atoms with E-state index >= 15 is 0 Å². The molecule has 2 rings (SSSR count). The lowest BCUT2D eigenvalue weighted by molar-refractivity contribution is -0.160. The molecular formula is C18H20FNO3. The SMILES string of the molecule is COC(=O)C(OCc1ccccc1)C(C)(N)c1ccccc1F. The highest BCUT2D eigenvalue weighted by atomic mass is 19.1. The van der Waals surface area contributed by atoms with Crippen molar-refractivity contribution in [3.63, 3.8) is 0 Å². The molecule has 0 aliphatic carbocycles. The fourth-order valence-electron chi connectivity index (χ4n) is 2.39. The summed E-state index contributed by atoms with van der Waals surface area (Å²) < 4.78 is 24.6. The summed E-state index contributed by atoms with van der Waals surface area (Å²) in [6, 6.07) is 15.4. The molecule has 4 nitrogen and oxygen atoms in total. The molecule has 122 valence electrons. The van der Waals surface area contributed by atoms with Crippen molar-refractivity contribution in [2.45, 2.75) is 25.2 Å². The first-order chi connectivity index (χ1) is 11.0. The Hall–Kier alpha value is -2.24. The van der Waals surface area contributed by atoms with E-state index in [0.29, 0.717) is 0 Å². The van der Waals surface area contributed by atoms with Crippen molar-refractivity contribution in [2.75, 3.05) is 7.11 Å². The average Bonchev–Trinajstić information content (AvgIpc) is 2.55. The second kappa shape index (κ2) is 7.35. The van der Waals surface area contributed by atoms with Gasteiger partial charge in [0, 0.05) is 5.56 Å². The molecule has 0 bridgehead atoms. The number of nitrogens with two attached hydrogens (primary N) is 1. The summed E-state index contributed by atoms with van der Waals surface area (Å²) in [4.78, 5) is 12.1. The molecule has 0 spiro atoms. The van der Waals surface area contributed by atoms with Crippen LogP contribution < -0.4 is 5.73 Å². The lowest BCUT2D eigenvalue weighted by Gasteiger charge is -2.32. The molecule has 0 saturated heterocycles. The maximum atomic E-state index is 14.1. The molecule has 0 heterocycles. The number of esters is 1. The van der Waals surface area contributed by atoms with Crippen molar-refractivity contribution in [1.82, 2.24) is 0 Å². The Kier molecular flexibility index (Phi) is 5.47. The predicted octanol–water partition coefficient (Wildman–Crippen LogP) is 2.76. The number of benzene rings is 2. The largest absolute Gasteiger partial charge is 0.467 e. The third-order valence-electron chi connectivity index (χ3n) is 3.67. The van der Waals surface area contributed by atoms with Gasteiger partial charge in [-0.2, -0.15) is 0 Å². The molecule has 2 N–H and O–H groups in total. The minimum atomic E-state index is -1.37. The molecule has 0 aliphatic heterocycles. The van der Waals surface area contributed by atoms with Crippen molar-refractivity contribution >= 4 is 5.97 Å². The molecule has 2 aromatic rings. The van der Waals surface area contributed by atoms with Crippen molar-refractivity contribution in [2.24, 2.45) is 5.73 Å². The molecule has 0 aliphatic rings. The number of halogens is 1. The summed E-state index contributed by atoms with van der Waals surface area (Å²) in [6.45, 7) is 1.72. The fraction of sp³-hybridized carbons (Fsp3) is 0.278. The summed E-state index contributed by atoms with van der Waals surface area (Å²) in [5.74, 6) is -1.14. The number of methoxy groups -OCH3 is 1. The highest BCUT2D eigenvalue weighted by Crippen LogP contribution is 2.28. The first-order valence-electron chi connectivity index (χ1n) is 7.24. The number of hydrogen-bond donors (Lipinski definition) is 1. The van der Waals surface area contributed by atoms with E-state index in [1.54, 1.807) is 19.1 Å². The van der Waals surface area contributed by atoms with Crippen LogP contribution in [0.4, 0.5) is 4.39 Å². The number of hydrogen-bond acceptors (Lipinski definition) is 4. The van der Waals surface area contributed by atoms with Gasteiger partial charge in [-0.1, -0.05) is 48.5 Å². The normalized spacial score (nSPS) is 14.8. The predicted molar refractivity (Wildman–Crippen MR) is 85.0 cm³/mol. The van der Waals surface area contributed by atoms with E-state index in [1.807, 2.05) is 30.3 Å². The quantitative estimate of drug-likeness (QED) is 0.832. The van der Waals surface area contributed by atoms with Crippen LogP contribution >= 0.6 is 0 Å². The number of carbonyl (C=O) groups excluding carboxylic acids is 1. The highest BCUT2D eigenvalue weighted by molar-refractivity contribution is 5.76. The minimum absolute atomic E-state index is 0.169. The van der Waals surface area contributed by atoms with E-state index in [9.17, 15) is 9.18 Å². The van der Waals surface area contributed by atoms with Crippen LogP contribution in [0.5, 0.6) is 0 Å². The smallest absolute Gasteiger partial charge is 0.337 e. The van der Waals surface area contributed by atoms with Gasteiger partial charge in [0.05, 0.1) is 19.3 Å². The van der Waals surface area contributed by atoms with E-state index in [-0.39, 0.29) is 12.2 Å². The van der Waals surface area contributed by atoms with E-state index in [0.717, 1.165) is 5.56 Å². The third kappa shape index (κ3) is 3.94. The van der Waals surface area contributed by atoms with Crippen LogP contribution in [-0.4, -0.2) is 19.2 Å². The van der Waals surface area contributed by atoms with Crippen LogP contribution in [0.15, 0.2) is 54.6 Å². The molecule has 2 unspecified atom stereocenters. The molecule has 0 amide bonds. The van der Waals surface area contributed by atoms with Crippen molar-refractivity contribution < 1.29 is 18.7 Å². The second-order valence-corrected chi connectivity index (χ2v) is 5.46. The van der Waals surface area contributed by atoms with Gasteiger partial charge in [0.25, 0.3) is 0 Å². The lowest BCUT2D eigenvalue weighted by atomic mass is 9.86. The van der Waals surface area contributed by atoms with Crippen LogP contribution in [-0.2, 0) is 26.4 Å². The molecule has 2 atom stereocenters. The minimum Gasteiger partial charge on any atom is -0.467 e. The zero-order valence-corrected chi connectivity index (χ0v) is 13.2. The first-order valence-corrected chi connectivity index (χ1v) is 7.24. The molecule has 0 aromatic heterocycles. The average molecular weight is 317 g/mol. The first kappa shape index (κ1) is 17.1. The molecule has 2 aromatic carbocycles. The van der Waals surface area contributed by atoms with E-state index in [4.69, 9.17) is 15.2 Å². The Morgan fingerprint density at radius 3 is 2.39 bits per heavy atom. The highest BCUT2D eigenvalue weighted by Gasteiger charge is 2.41. The maximum absolute atomic E-state index is 14.1. The van der Waals surface area contributed by atoms with Crippen LogP contribution in [0.2, 0.25) is 0 Å². The monoisotopic (exact) mass is 317 g/mol. The van der Waals surface area contributed by atoms with Gasteiger partial charge >= 0.3 is 5.97 Å². The zero-order valence-electron chi connectivity index (χ0n) is 13.2. The Bertz CT molecular complexity index is 658. The molecule has 23 heavy (non-hydrogen) atoms. The van der Waals surface area contributed by atoms with Crippen LogP contribution in [0.1, 0.15) is 18.1 Å². The van der Waals surface area contributed by atoms with Crippen molar-refractivity contribution in [1.29, 1.82) is 0 Å². The summed E-state index contributed by atoms with van der Waals surface area (Å²) in [6.07, 6.45) is -1.13. The molecule has 5 heteroatoms. The summed E-state index contributed by atoms with van der Waals surface area (Å²) in [7, 11) is 1.25. The van der Waals surface area contributed by atoms with Gasteiger partial charge in [-0.3, -0.25) is 0 Å². The zero-order chi connectivity index (χ0) is 16.9. The molecule has 0 saturated carbocycles. The Balaban J connectivity index is 2.27. The number of carbonyl (C=O) groups is 1. The third-order valence-corrected chi connectivity index (χ3v) is 3.67. The van der Waals surface area contributed by atoms with Crippen LogP contribution in [0.3, 0.4) is 0 Å². The molecular weight excluding hydrogens is 297 g/mol. The standard InChI is InChI=1S/C18H20FNO3/c1-18(20,14-10-6-7-11-15(14)19)16(17(21)22-2)23-12-13-8-4-3-5-9-13/h3-11,16H,12,20H2,1-2H3. The van der Waals surface area contributed by atoms with Gasteiger partial charge in [-0.25, -0.2) is 9.18 Å². The maximum Gasteiger partial charge on any atom is 0.337 e. The second-order valence-electron chi connectivity index (χ2n) is 5.46. The Morgan fingerprint density at radius 2 is 1.78 bits per heavy atom. The van der Waals surface area contributed by atoms with Gasteiger partial charge in [-0.15, -0.1) is 0 Å². The molecule has 0 fully saturated rings. The van der Waals surface area contributed by atoms with E-state index in [1.165, 1.54) is 19.2 Å². The topological polar surface area (TPSA) is 61.5 Å². The van der Waals surface area contributed by atoms with Crippen LogP contribution in [0.25, 0.3) is 0 Å². The van der Waals surface area contributed by atoms with Gasteiger partial charge in [-0.05, 0) is 18.6 Å². The van der Waals surface area contributed by atoms with Crippen LogP contribution in [0, 0.1) is 5.82 Å². The van der Waals surface area contributed by atoms with Crippen molar-refractivity contribution in [3.05, 3.63) is 71.5 Å². The summed E-state index contributed by atoms with van der Waals surface area (Å²) in [5, 5.41) is 0.